The quantitative estimate of drug-likeness (QED) is 0.701. The van der Waals surface area contributed by atoms with Crippen molar-refractivity contribution in [3.8, 4) is 0 Å². The molecule has 21 heavy (non-hydrogen) atoms. The average molecular weight is 339 g/mol. The van der Waals surface area contributed by atoms with Gasteiger partial charge in [-0.05, 0) is 30.3 Å². The van der Waals surface area contributed by atoms with Crippen LogP contribution in [0.3, 0.4) is 0 Å². The van der Waals surface area contributed by atoms with Crippen molar-refractivity contribution in [3.63, 3.8) is 0 Å². The van der Waals surface area contributed by atoms with E-state index in [1.807, 2.05) is 12.1 Å². The number of hydrogen-bond acceptors (Lipinski definition) is 4. The Balaban J connectivity index is 2.04. The van der Waals surface area contributed by atoms with E-state index < -0.39 is 5.97 Å². The van der Waals surface area contributed by atoms with E-state index >= 15 is 0 Å². The Morgan fingerprint density at radius 2 is 2.05 bits per heavy atom. The molecule has 4 nitrogen and oxygen atoms in total. The number of para-hydroxylation sites is 1. The molecule has 0 amide bonds. The van der Waals surface area contributed by atoms with Gasteiger partial charge in [0.05, 0.1) is 26.5 Å². The van der Waals surface area contributed by atoms with E-state index in [1.54, 1.807) is 18.2 Å². The van der Waals surface area contributed by atoms with Gasteiger partial charge in [0, 0.05) is 5.02 Å². The van der Waals surface area contributed by atoms with Crippen molar-refractivity contribution in [1.29, 1.82) is 0 Å². The highest BCUT2D eigenvalue weighted by atomic mass is 35.5. The summed E-state index contributed by atoms with van der Waals surface area (Å²) in [5.74, 6) is -1.05. The number of hydrogen-bond donors (Lipinski definition) is 2. The first-order valence-electron chi connectivity index (χ1n) is 5.89. The van der Waals surface area contributed by atoms with Gasteiger partial charge < -0.3 is 10.4 Å². The molecular weight excluding hydrogens is 331 g/mol. The molecule has 2 N–H and O–H groups in total. The molecular formula is C14H8Cl2N2O2S. The number of nitrogens with zero attached hydrogens (tertiary/aromatic N) is 1. The lowest BCUT2D eigenvalue weighted by Gasteiger charge is -2.08. The van der Waals surface area contributed by atoms with E-state index in [-0.39, 0.29) is 5.56 Å². The lowest BCUT2D eigenvalue weighted by atomic mass is 10.2. The zero-order valence-corrected chi connectivity index (χ0v) is 12.8. The number of aromatic nitrogens is 1. The number of anilines is 2. The largest absolute Gasteiger partial charge is 0.478 e. The van der Waals surface area contributed by atoms with Gasteiger partial charge in [-0.1, -0.05) is 40.6 Å². The standard InChI is InChI=1S/C14H8Cl2N2O2S/c15-7-4-5-10-11(6-7)21-14(17-10)18-12-8(13(19)20)2-1-3-9(12)16/h1-6H,(H,17,18)(H,19,20). The fourth-order valence-corrected chi connectivity index (χ4v) is 3.26. The Kier molecular flexibility index (Phi) is 3.71. The summed E-state index contributed by atoms with van der Waals surface area (Å²) in [5, 5.41) is 13.7. The zero-order chi connectivity index (χ0) is 15.0. The van der Waals surface area contributed by atoms with Gasteiger partial charge in [-0.3, -0.25) is 0 Å². The van der Waals surface area contributed by atoms with Crippen LogP contribution in [0.1, 0.15) is 10.4 Å². The topological polar surface area (TPSA) is 62.2 Å². The maximum absolute atomic E-state index is 11.2. The third-order valence-electron chi connectivity index (χ3n) is 2.83. The van der Waals surface area contributed by atoms with Crippen molar-refractivity contribution >= 4 is 61.5 Å². The molecule has 0 saturated carbocycles. The molecule has 0 aliphatic carbocycles. The maximum Gasteiger partial charge on any atom is 0.337 e. The van der Waals surface area contributed by atoms with E-state index in [1.165, 1.54) is 17.4 Å². The molecule has 2 aromatic carbocycles. The van der Waals surface area contributed by atoms with Crippen molar-refractivity contribution in [2.45, 2.75) is 0 Å². The van der Waals surface area contributed by atoms with Gasteiger partial charge in [0.15, 0.2) is 5.13 Å². The van der Waals surface area contributed by atoms with Crippen LogP contribution in [0, 0.1) is 0 Å². The Labute approximate surface area is 134 Å². The minimum atomic E-state index is -1.05. The molecule has 0 aliphatic heterocycles. The van der Waals surface area contributed by atoms with Crippen LogP contribution in [0.15, 0.2) is 36.4 Å². The van der Waals surface area contributed by atoms with Crippen LogP contribution in [0.4, 0.5) is 10.8 Å². The van der Waals surface area contributed by atoms with Gasteiger partial charge in [0.1, 0.15) is 0 Å². The van der Waals surface area contributed by atoms with Crippen molar-refractivity contribution in [2.24, 2.45) is 0 Å². The molecule has 3 rings (SSSR count). The molecule has 0 aliphatic rings. The fraction of sp³-hybridized carbons (Fsp3) is 0. The van der Waals surface area contributed by atoms with Crippen LogP contribution in [-0.4, -0.2) is 16.1 Å². The molecule has 0 saturated heterocycles. The highest BCUT2D eigenvalue weighted by Gasteiger charge is 2.15. The summed E-state index contributed by atoms with van der Waals surface area (Å²) in [6.45, 7) is 0. The number of rotatable bonds is 3. The molecule has 0 spiro atoms. The molecule has 0 atom stereocenters. The summed E-state index contributed by atoms with van der Waals surface area (Å²) < 4.78 is 0.911. The van der Waals surface area contributed by atoms with Gasteiger partial charge >= 0.3 is 5.97 Å². The van der Waals surface area contributed by atoms with Crippen LogP contribution in [0.2, 0.25) is 10.0 Å². The predicted octanol–water partition coefficient (Wildman–Crippen LogP) is 5.04. The van der Waals surface area contributed by atoms with Crippen LogP contribution >= 0.6 is 34.5 Å². The number of carbonyl (C=O) groups is 1. The third-order valence-corrected chi connectivity index (χ3v) is 4.31. The third kappa shape index (κ3) is 2.81. The molecule has 0 bridgehead atoms. The number of halogens is 2. The first-order chi connectivity index (χ1) is 10.0. The van der Waals surface area contributed by atoms with Crippen LogP contribution in [0.5, 0.6) is 0 Å². The molecule has 1 heterocycles. The molecule has 0 fully saturated rings. The number of fused-ring (bicyclic) bond motifs is 1. The highest BCUT2D eigenvalue weighted by molar-refractivity contribution is 7.22. The summed E-state index contributed by atoms with van der Waals surface area (Å²) >= 11 is 13.4. The SMILES string of the molecule is O=C(O)c1cccc(Cl)c1Nc1nc2ccc(Cl)cc2s1. The maximum atomic E-state index is 11.2. The first-order valence-corrected chi connectivity index (χ1v) is 7.47. The molecule has 0 unspecified atom stereocenters. The summed E-state index contributed by atoms with van der Waals surface area (Å²) in [4.78, 5) is 15.6. The van der Waals surface area contributed by atoms with Gasteiger partial charge in [-0.15, -0.1) is 0 Å². The van der Waals surface area contributed by atoms with E-state index in [2.05, 4.69) is 10.3 Å². The van der Waals surface area contributed by atoms with Crippen LogP contribution < -0.4 is 5.32 Å². The lowest BCUT2D eigenvalue weighted by Crippen LogP contribution is -2.02. The second kappa shape index (κ2) is 5.52. The van der Waals surface area contributed by atoms with Crippen molar-refractivity contribution < 1.29 is 9.90 Å². The Hall–Kier alpha value is -1.82. The molecule has 3 aromatic rings. The van der Waals surface area contributed by atoms with Crippen LogP contribution in [-0.2, 0) is 0 Å². The molecule has 1 aromatic heterocycles. The Morgan fingerprint density at radius 1 is 1.24 bits per heavy atom. The number of carboxylic acid groups (broad SMARTS) is 1. The number of thiazole rings is 1. The summed E-state index contributed by atoms with van der Waals surface area (Å²) in [7, 11) is 0. The zero-order valence-electron chi connectivity index (χ0n) is 10.4. The Bertz CT molecular complexity index is 848. The van der Waals surface area contributed by atoms with Crippen molar-refractivity contribution in [3.05, 3.63) is 52.0 Å². The normalized spacial score (nSPS) is 10.8. The summed E-state index contributed by atoms with van der Waals surface area (Å²) in [6.07, 6.45) is 0. The number of benzene rings is 2. The van der Waals surface area contributed by atoms with E-state index in [4.69, 9.17) is 23.2 Å². The summed E-state index contributed by atoms with van der Waals surface area (Å²) in [6, 6.07) is 10.1. The van der Waals surface area contributed by atoms with E-state index in [0.29, 0.717) is 20.9 Å². The van der Waals surface area contributed by atoms with E-state index in [9.17, 15) is 9.90 Å². The van der Waals surface area contributed by atoms with Gasteiger partial charge in [0.25, 0.3) is 0 Å². The fourth-order valence-electron chi connectivity index (χ4n) is 1.89. The minimum Gasteiger partial charge on any atom is -0.478 e. The van der Waals surface area contributed by atoms with Gasteiger partial charge in [-0.25, -0.2) is 9.78 Å². The minimum absolute atomic E-state index is 0.0970. The monoisotopic (exact) mass is 338 g/mol. The summed E-state index contributed by atoms with van der Waals surface area (Å²) in [5.41, 5.74) is 1.22. The number of nitrogens with one attached hydrogen (secondary N) is 1. The van der Waals surface area contributed by atoms with Crippen molar-refractivity contribution in [2.75, 3.05) is 5.32 Å². The second-order valence-electron chi connectivity index (χ2n) is 4.22. The first kappa shape index (κ1) is 14.1. The Morgan fingerprint density at radius 3 is 2.81 bits per heavy atom. The second-order valence-corrected chi connectivity index (χ2v) is 6.10. The smallest absolute Gasteiger partial charge is 0.337 e. The van der Waals surface area contributed by atoms with Gasteiger partial charge in [0.2, 0.25) is 0 Å². The van der Waals surface area contributed by atoms with Gasteiger partial charge in [-0.2, -0.15) is 0 Å². The molecule has 106 valence electrons. The van der Waals surface area contributed by atoms with Crippen molar-refractivity contribution in [1.82, 2.24) is 4.98 Å². The number of carboxylic acids is 1. The number of aromatic carboxylic acids is 1. The average Bonchev–Trinajstić information content (AvgIpc) is 2.82. The molecule has 7 heteroatoms. The van der Waals surface area contributed by atoms with E-state index in [0.717, 1.165) is 10.2 Å². The lowest BCUT2D eigenvalue weighted by molar-refractivity contribution is 0.0698. The van der Waals surface area contributed by atoms with Crippen LogP contribution in [0.25, 0.3) is 10.2 Å². The molecule has 0 radical (unpaired) electrons. The highest BCUT2D eigenvalue weighted by Crippen LogP contribution is 2.34. The predicted molar refractivity (Wildman–Crippen MR) is 86.3 cm³/mol.